The van der Waals surface area contributed by atoms with Crippen molar-refractivity contribution < 1.29 is 0 Å². The molecule has 0 unspecified atom stereocenters. The number of nitrogens with one attached hydrogen (secondary N) is 1. The number of benzene rings is 1. The molecule has 4 nitrogen and oxygen atoms in total. The van der Waals surface area contributed by atoms with Crippen molar-refractivity contribution in [1.82, 2.24) is 20.1 Å². The van der Waals surface area contributed by atoms with E-state index in [0.717, 1.165) is 21.6 Å². The molecule has 1 saturated carbocycles. The topological polar surface area (TPSA) is 42.7 Å². The Balaban J connectivity index is 1.70. The van der Waals surface area contributed by atoms with Crippen LogP contribution in [0.3, 0.4) is 0 Å². The Kier molecular flexibility index (Phi) is 3.77. The highest BCUT2D eigenvalue weighted by atomic mass is 35.5. The first-order valence-electron chi connectivity index (χ1n) is 6.26. The molecule has 1 aliphatic carbocycles. The van der Waals surface area contributed by atoms with Crippen LogP contribution in [-0.2, 0) is 13.6 Å². The van der Waals surface area contributed by atoms with Gasteiger partial charge in [0.1, 0.15) is 6.33 Å². The zero-order valence-electron chi connectivity index (χ0n) is 10.6. The summed E-state index contributed by atoms with van der Waals surface area (Å²) in [5.41, 5.74) is 1.22. The van der Waals surface area contributed by atoms with Crippen LogP contribution in [0.2, 0.25) is 5.02 Å². The van der Waals surface area contributed by atoms with Crippen LogP contribution in [0.5, 0.6) is 0 Å². The predicted molar refractivity (Wildman–Crippen MR) is 76.4 cm³/mol. The molecule has 1 aliphatic rings. The van der Waals surface area contributed by atoms with E-state index < -0.39 is 0 Å². The molecule has 1 fully saturated rings. The van der Waals surface area contributed by atoms with E-state index in [-0.39, 0.29) is 0 Å². The van der Waals surface area contributed by atoms with Crippen LogP contribution in [0.4, 0.5) is 0 Å². The fourth-order valence-electron chi connectivity index (χ4n) is 1.75. The summed E-state index contributed by atoms with van der Waals surface area (Å²) in [6, 6.07) is 6.90. The second-order valence-corrected chi connectivity index (χ2v) is 6.16. The van der Waals surface area contributed by atoms with Crippen molar-refractivity contribution >= 4 is 23.4 Å². The Morgan fingerprint density at radius 2 is 2.32 bits per heavy atom. The summed E-state index contributed by atoms with van der Waals surface area (Å²) in [5, 5.41) is 13.0. The maximum Gasteiger partial charge on any atom is 0.195 e. The lowest BCUT2D eigenvalue weighted by molar-refractivity contribution is 0.687. The van der Waals surface area contributed by atoms with Crippen LogP contribution in [-0.4, -0.2) is 20.8 Å². The first-order chi connectivity index (χ1) is 9.22. The van der Waals surface area contributed by atoms with E-state index >= 15 is 0 Å². The molecule has 0 radical (unpaired) electrons. The van der Waals surface area contributed by atoms with Gasteiger partial charge in [-0.3, -0.25) is 0 Å². The van der Waals surface area contributed by atoms with Crippen molar-refractivity contribution in [1.29, 1.82) is 0 Å². The number of aromatic nitrogens is 3. The Morgan fingerprint density at radius 1 is 1.47 bits per heavy atom. The zero-order chi connectivity index (χ0) is 13.2. The molecule has 1 aromatic heterocycles. The van der Waals surface area contributed by atoms with Crippen LogP contribution >= 0.6 is 23.4 Å². The van der Waals surface area contributed by atoms with Gasteiger partial charge in [-0.2, -0.15) is 0 Å². The molecular weight excluding hydrogens is 280 g/mol. The van der Waals surface area contributed by atoms with Crippen molar-refractivity contribution in [2.45, 2.75) is 35.5 Å². The van der Waals surface area contributed by atoms with Gasteiger partial charge in [-0.25, -0.2) is 0 Å². The average Bonchev–Trinajstić information content (AvgIpc) is 3.14. The minimum Gasteiger partial charge on any atom is -0.311 e. The van der Waals surface area contributed by atoms with Gasteiger partial charge in [0, 0.05) is 24.5 Å². The summed E-state index contributed by atoms with van der Waals surface area (Å²) < 4.78 is 1.88. The molecule has 19 heavy (non-hydrogen) atoms. The molecule has 1 heterocycles. The molecule has 0 atom stereocenters. The summed E-state index contributed by atoms with van der Waals surface area (Å²) in [6.07, 6.45) is 4.28. The number of rotatable bonds is 5. The Bertz CT molecular complexity index is 580. The average molecular weight is 295 g/mol. The molecule has 2 aromatic rings. The molecule has 0 amide bonds. The van der Waals surface area contributed by atoms with Gasteiger partial charge in [-0.1, -0.05) is 17.7 Å². The fourth-order valence-corrected chi connectivity index (χ4v) is 2.84. The maximum absolute atomic E-state index is 6.32. The third-order valence-corrected chi connectivity index (χ3v) is 4.59. The summed E-state index contributed by atoms with van der Waals surface area (Å²) in [7, 11) is 1.92. The Labute approximate surface area is 121 Å². The van der Waals surface area contributed by atoms with Crippen LogP contribution in [0.25, 0.3) is 0 Å². The smallest absolute Gasteiger partial charge is 0.195 e. The highest BCUT2D eigenvalue weighted by Gasteiger charge is 2.20. The summed E-state index contributed by atoms with van der Waals surface area (Å²) in [6.45, 7) is 0.888. The third kappa shape index (κ3) is 3.29. The number of hydrogen-bond donors (Lipinski definition) is 1. The molecule has 0 aliphatic heterocycles. The third-order valence-electron chi connectivity index (χ3n) is 3.04. The standard InChI is InChI=1S/C13H15ClN4S/c1-18-8-16-17-13(18)19-12-5-2-9(6-11(12)14)7-15-10-3-4-10/h2,5-6,8,10,15H,3-4,7H2,1H3. The van der Waals surface area contributed by atoms with Gasteiger partial charge in [0.05, 0.1) is 5.02 Å². The van der Waals surface area contributed by atoms with Crippen LogP contribution < -0.4 is 5.32 Å². The van der Waals surface area contributed by atoms with Crippen molar-refractivity contribution in [3.63, 3.8) is 0 Å². The van der Waals surface area contributed by atoms with Crippen molar-refractivity contribution in [3.8, 4) is 0 Å². The molecule has 1 N–H and O–H groups in total. The first kappa shape index (κ1) is 13.0. The molecular formula is C13H15ClN4S. The van der Waals surface area contributed by atoms with Crippen LogP contribution in [0, 0.1) is 0 Å². The normalized spacial score (nSPS) is 14.8. The number of hydrogen-bond acceptors (Lipinski definition) is 4. The molecule has 3 rings (SSSR count). The lowest BCUT2D eigenvalue weighted by Crippen LogP contribution is -2.15. The summed E-state index contributed by atoms with van der Waals surface area (Å²) in [5.74, 6) is 0. The lowest BCUT2D eigenvalue weighted by Gasteiger charge is -2.07. The molecule has 0 saturated heterocycles. The first-order valence-corrected chi connectivity index (χ1v) is 7.45. The van der Waals surface area contributed by atoms with Crippen molar-refractivity contribution in [2.24, 2.45) is 7.05 Å². The van der Waals surface area contributed by atoms with Crippen LogP contribution in [0.15, 0.2) is 34.6 Å². The number of halogens is 1. The van der Waals surface area contributed by atoms with Gasteiger partial charge < -0.3 is 9.88 Å². The van der Waals surface area contributed by atoms with E-state index in [1.54, 1.807) is 6.33 Å². The molecule has 0 bridgehead atoms. The van der Waals surface area contributed by atoms with Crippen LogP contribution in [0.1, 0.15) is 18.4 Å². The van der Waals surface area contributed by atoms with E-state index in [1.165, 1.54) is 30.2 Å². The SMILES string of the molecule is Cn1cnnc1Sc1ccc(CNC2CC2)cc1Cl. The zero-order valence-corrected chi connectivity index (χ0v) is 12.2. The van der Waals surface area contributed by atoms with E-state index in [9.17, 15) is 0 Å². The molecule has 6 heteroatoms. The van der Waals surface area contributed by atoms with E-state index in [1.807, 2.05) is 23.7 Å². The minimum atomic E-state index is 0.714. The Hall–Kier alpha value is -1.04. The van der Waals surface area contributed by atoms with Gasteiger partial charge >= 0.3 is 0 Å². The van der Waals surface area contributed by atoms with Gasteiger partial charge in [0.2, 0.25) is 0 Å². The van der Waals surface area contributed by atoms with E-state index in [0.29, 0.717) is 6.04 Å². The van der Waals surface area contributed by atoms with Gasteiger partial charge in [-0.05, 0) is 42.3 Å². The molecule has 0 spiro atoms. The Morgan fingerprint density at radius 3 is 2.95 bits per heavy atom. The van der Waals surface area contributed by atoms with Gasteiger partial charge in [-0.15, -0.1) is 10.2 Å². The predicted octanol–water partition coefficient (Wildman–Crippen LogP) is 2.87. The summed E-state index contributed by atoms with van der Waals surface area (Å²) >= 11 is 7.85. The van der Waals surface area contributed by atoms with Crippen molar-refractivity contribution in [3.05, 3.63) is 35.1 Å². The van der Waals surface area contributed by atoms with Gasteiger partial charge in [0.25, 0.3) is 0 Å². The highest BCUT2D eigenvalue weighted by Crippen LogP contribution is 2.32. The molecule has 1 aromatic carbocycles. The maximum atomic E-state index is 6.32. The largest absolute Gasteiger partial charge is 0.311 e. The monoisotopic (exact) mass is 294 g/mol. The lowest BCUT2D eigenvalue weighted by atomic mass is 10.2. The second kappa shape index (κ2) is 5.53. The number of nitrogens with zero attached hydrogens (tertiary/aromatic N) is 3. The highest BCUT2D eigenvalue weighted by molar-refractivity contribution is 7.99. The van der Waals surface area contributed by atoms with Gasteiger partial charge in [0.15, 0.2) is 5.16 Å². The fraction of sp³-hybridized carbons (Fsp3) is 0.385. The molecule has 100 valence electrons. The van der Waals surface area contributed by atoms with E-state index in [2.05, 4.69) is 21.6 Å². The van der Waals surface area contributed by atoms with Crippen molar-refractivity contribution in [2.75, 3.05) is 0 Å². The minimum absolute atomic E-state index is 0.714. The number of aryl methyl sites for hydroxylation is 1. The second-order valence-electron chi connectivity index (χ2n) is 4.75. The quantitative estimate of drug-likeness (QED) is 0.921. The summed E-state index contributed by atoms with van der Waals surface area (Å²) in [4.78, 5) is 1.01. The van der Waals surface area contributed by atoms with E-state index in [4.69, 9.17) is 11.6 Å².